The zero-order chi connectivity index (χ0) is 17.8. The van der Waals surface area contributed by atoms with Crippen LogP contribution in [-0.2, 0) is 17.9 Å². The fourth-order valence-corrected chi connectivity index (χ4v) is 3.06. The molecule has 0 bridgehead atoms. The zero-order valence-corrected chi connectivity index (χ0v) is 14.9. The first-order valence-electron chi connectivity index (χ1n) is 8.80. The molecule has 0 N–H and O–H groups in total. The van der Waals surface area contributed by atoms with Crippen LogP contribution in [0.1, 0.15) is 29.5 Å². The topological polar surface area (TPSA) is 23.6 Å². The number of aryl methyl sites for hydroxylation is 1. The molecule has 3 nitrogen and oxygen atoms in total. The molecule has 0 saturated heterocycles. The lowest BCUT2D eigenvalue weighted by atomic mass is 10.1. The van der Waals surface area contributed by atoms with Crippen molar-refractivity contribution in [2.75, 3.05) is 13.6 Å². The SMILES string of the molecule is Cc1cccc(CN(CC(=O)N(C)Cc2ccccc2F)C2CC2)c1. The summed E-state index contributed by atoms with van der Waals surface area (Å²) in [4.78, 5) is 16.5. The molecule has 0 radical (unpaired) electrons. The van der Waals surface area contributed by atoms with E-state index >= 15 is 0 Å². The smallest absolute Gasteiger partial charge is 0.236 e. The Bertz CT molecular complexity index is 742. The number of halogens is 1. The Labute approximate surface area is 149 Å². The molecule has 0 aliphatic heterocycles. The van der Waals surface area contributed by atoms with Gasteiger partial charge >= 0.3 is 0 Å². The third kappa shape index (κ3) is 4.89. The number of benzene rings is 2. The van der Waals surface area contributed by atoms with Crippen molar-refractivity contribution < 1.29 is 9.18 Å². The van der Waals surface area contributed by atoms with Gasteiger partial charge in [-0.3, -0.25) is 9.69 Å². The number of rotatable bonds is 7. The summed E-state index contributed by atoms with van der Waals surface area (Å²) >= 11 is 0. The predicted octanol–water partition coefficient (Wildman–Crippen LogP) is 3.76. The fraction of sp³-hybridized carbons (Fsp3) is 0.381. The second-order valence-electron chi connectivity index (χ2n) is 6.97. The molecule has 0 atom stereocenters. The van der Waals surface area contributed by atoms with Crippen LogP contribution in [0.4, 0.5) is 4.39 Å². The van der Waals surface area contributed by atoms with E-state index in [0.717, 1.165) is 19.4 Å². The van der Waals surface area contributed by atoms with E-state index in [4.69, 9.17) is 0 Å². The van der Waals surface area contributed by atoms with Crippen molar-refractivity contribution in [1.82, 2.24) is 9.80 Å². The van der Waals surface area contributed by atoms with Gasteiger partial charge in [-0.05, 0) is 31.4 Å². The summed E-state index contributed by atoms with van der Waals surface area (Å²) in [5, 5.41) is 0. The summed E-state index contributed by atoms with van der Waals surface area (Å²) < 4.78 is 13.8. The Kier molecular flexibility index (Phi) is 5.49. The summed E-state index contributed by atoms with van der Waals surface area (Å²) in [6.07, 6.45) is 2.30. The molecule has 0 aromatic heterocycles. The molecule has 0 unspecified atom stereocenters. The van der Waals surface area contributed by atoms with Crippen LogP contribution in [0, 0.1) is 12.7 Å². The van der Waals surface area contributed by atoms with Gasteiger partial charge in [0, 0.05) is 31.7 Å². The third-order valence-electron chi connectivity index (χ3n) is 4.66. The fourth-order valence-electron chi connectivity index (χ4n) is 3.06. The summed E-state index contributed by atoms with van der Waals surface area (Å²) in [7, 11) is 1.74. The van der Waals surface area contributed by atoms with Gasteiger partial charge < -0.3 is 4.90 Å². The molecule has 1 fully saturated rings. The van der Waals surface area contributed by atoms with Gasteiger partial charge in [0.15, 0.2) is 0 Å². The largest absolute Gasteiger partial charge is 0.340 e. The minimum absolute atomic E-state index is 0.0304. The van der Waals surface area contributed by atoms with Crippen molar-refractivity contribution in [2.24, 2.45) is 0 Å². The van der Waals surface area contributed by atoms with Crippen molar-refractivity contribution in [3.8, 4) is 0 Å². The zero-order valence-electron chi connectivity index (χ0n) is 14.9. The van der Waals surface area contributed by atoms with Crippen LogP contribution >= 0.6 is 0 Å². The third-order valence-corrected chi connectivity index (χ3v) is 4.66. The van der Waals surface area contributed by atoms with Gasteiger partial charge in [-0.15, -0.1) is 0 Å². The molecular weight excluding hydrogens is 315 g/mol. The first-order valence-corrected chi connectivity index (χ1v) is 8.80. The van der Waals surface area contributed by atoms with E-state index in [2.05, 4.69) is 36.1 Å². The standard InChI is InChI=1S/C21H25FN2O/c1-16-6-5-7-17(12-16)13-24(19-10-11-19)15-21(25)23(2)14-18-8-3-4-9-20(18)22/h3-9,12,19H,10-11,13-15H2,1-2H3. The lowest BCUT2D eigenvalue weighted by molar-refractivity contribution is -0.132. The quantitative estimate of drug-likeness (QED) is 0.766. The molecule has 25 heavy (non-hydrogen) atoms. The molecule has 132 valence electrons. The number of hydrogen-bond acceptors (Lipinski definition) is 2. The van der Waals surface area contributed by atoms with E-state index in [9.17, 15) is 9.18 Å². The van der Waals surface area contributed by atoms with Crippen molar-refractivity contribution >= 4 is 5.91 Å². The second kappa shape index (κ2) is 7.79. The van der Waals surface area contributed by atoms with Crippen molar-refractivity contribution in [3.05, 3.63) is 71.0 Å². The van der Waals surface area contributed by atoms with E-state index in [0.29, 0.717) is 24.7 Å². The Hall–Kier alpha value is -2.20. The summed E-state index contributed by atoms with van der Waals surface area (Å²) in [6.45, 7) is 3.54. The molecular formula is C21H25FN2O. The average Bonchev–Trinajstić information content (AvgIpc) is 3.41. The Morgan fingerprint density at radius 3 is 2.56 bits per heavy atom. The summed E-state index contributed by atoms with van der Waals surface area (Å²) in [5.74, 6) is -0.233. The maximum Gasteiger partial charge on any atom is 0.236 e. The van der Waals surface area contributed by atoms with Gasteiger partial charge in [0.2, 0.25) is 5.91 Å². The van der Waals surface area contributed by atoms with Crippen LogP contribution in [0.3, 0.4) is 0 Å². The van der Waals surface area contributed by atoms with Crippen LogP contribution in [-0.4, -0.2) is 35.3 Å². The van der Waals surface area contributed by atoms with E-state index in [1.807, 2.05) is 0 Å². The van der Waals surface area contributed by atoms with Crippen LogP contribution < -0.4 is 0 Å². The van der Waals surface area contributed by atoms with Gasteiger partial charge in [-0.1, -0.05) is 48.0 Å². The normalized spacial score (nSPS) is 13.9. The highest BCUT2D eigenvalue weighted by Crippen LogP contribution is 2.28. The number of likely N-dealkylation sites (N-methyl/N-ethyl adjacent to an activating group) is 1. The van der Waals surface area contributed by atoms with Crippen LogP contribution in [0.25, 0.3) is 0 Å². The Morgan fingerprint density at radius 1 is 1.12 bits per heavy atom. The molecule has 4 heteroatoms. The number of nitrogens with zero attached hydrogens (tertiary/aromatic N) is 2. The average molecular weight is 340 g/mol. The van der Waals surface area contributed by atoms with E-state index in [1.54, 1.807) is 30.1 Å². The number of hydrogen-bond donors (Lipinski definition) is 0. The minimum atomic E-state index is -0.263. The summed E-state index contributed by atoms with van der Waals surface area (Å²) in [6, 6.07) is 15.5. The van der Waals surface area contributed by atoms with Gasteiger partial charge in [0.05, 0.1) is 6.54 Å². The number of amides is 1. The predicted molar refractivity (Wildman–Crippen MR) is 97.5 cm³/mol. The van der Waals surface area contributed by atoms with E-state index < -0.39 is 0 Å². The number of carbonyl (C=O) groups is 1. The van der Waals surface area contributed by atoms with Gasteiger partial charge in [-0.2, -0.15) is 0 Å². The van der Waals surface area contributed by atoms with Crippen LogP contribution in [0.15, 0.2) is 48.5 Å². The van der Waals surface area contributed by atoms with Crippen molar-refractivity contribution in [2.45, 2.75) is 38.9 Å². The number of carbonyl (C=O) groups excluding carboxylic acids is 1. The van der Waals surface area contributed by atoms with Crippen LogP contribution in [0.2, 0.25) is 0 Å². The highest BCUT2D eigenvalue weighted by molar-refractivity contribution is 5.78. The molecule has 1 saturated carbocycles. The summed E-state index contributed by atoms with van der Waals surface area (Å²) in [5.41, 5.74) is 3.02. The van der Waals surface area contributed by atoms with Crippen molar-refractivity contribution in [1.29, 1.82) is 0 Å². The van der Waals surface area contributed by atoms with Gasteiger partial charge in [0.1, 0.15) is 5.82 Å². The lowest BCUT2D eigenvalue weighted by Crippen LogP contribution is -2.39. The highest BCUT2D eigenvalue weighted by Gasteiger charge is 2.31. The molecule has 1 aliphatic carbocycles. The monoisotopic (exact) mass is 340 g/mol. The maximum absolute atomic E-state index is 13.8. The second-order valence-corrected chi connectivity index (χ2v) is 6.97. The van der Waals surface area contributed by atoms with Crippen molar-refractivity contribution in [3.63, 3.8) is 0 Å². The molecule has 0 spiro atoms. The molecule has 2 aromatic carbocycles. The van der Waals surface area contributed by atoms with Gasteiger partial charge in [0.25, 0.3) is 0 Å². The molecule has 2 aromatic rings. The van der Waals surface area contributed by atoms with Crippen LogP contribution in [0.5, 0.6) is 0 Å². The molecule has 1 aliphatic rings. The first-order chi connectivity index (χ1) is 12.0. The maximum atomic E-state index is 13.8. The highest BCUT2D eigenvalue weighted by atomic mass is 19.1. The van der Waals surface area contributed by atoms with E-state index in [-0.39, 0.29) is 11.7 Å². The lowest BCUT2D eigenvalue weighted by Gasteiger charge is -2.25. The Balaban J connectivity index is 1.61. The first kappa shape index (κ1) is 17.6. The van der Waals surface area contributed by atoms with E-state index in [1.165, 1.54) is 17.2 Å². The molecule has 0 heterocycles. The van der Waals surface area contributed by atoms with Gasteiger partial charge in [-0.25, -0.2) is 4.39 Å². The Morgan fingerprint density at radius 2 is 1.88 bits per heavy atom. The molecule has 1 amide bonds. The minimum Gasteiger partial charge on any atom is -0.340 e. The molecule has 3 rings (SSSR count).